The van der Waals surface area contributed by atoms with E-state index in [0.717, 1.165) is 4.47 Å². The molecule has 1 aliphatic heterocycles. The quantitative estimate of drug-likeness (QED) is 0.829. The lowest BCUT2D eigenvalue weighted by Gasteiger charge is -2.32. The number of carbonyl (C=O) groups excluding carboxylic acids is 1. The third-order valence-corrected chi connectivity index (χ3v) is 5.62. The zero-order chi connectivity index (χ0) is 13.5. The molecule has 1 aromatic carbocycles. The standard InChI is InChI=1S/C11H13BrN2O3S/c1-7-6-14(11(15)5-13)9-4-8(12)2-3-10(9)18(7,16)17/h2-4,7H,5-6,13H2,1H3. The Morgan fingerprint density at radius 1 is 1.56 bits per heavy atom. The van der Waals surface area contributed by atoms with Crippen LogP contribution in [0.4, 0.5) is 5.69 Å². The summed E-state index contributed by atoms with van der Waals surface area (Å²) >= 11 is 3.28. The van der Waals surface area contributed by atoms with Crippen LogP contribution in [0.25, 0.3) is 0 Å². The van der Waals surface area contributed by atoms with Gasteiger partial charge < -0.3 is 10.6 Å². The number of fused-ring (bicyclic) bond motifs is 1. The largest absolute Gasteiger partial charge is 0.322 e. The Bertz CT molecular complexity index is 600. The smallest absolute Gasteiger partial charge is 0.240 e. The van der Waals surface area contributed by atoms with Crippen LogP contribution in [-0.2, 0) is 14.6 Å². The van der Waals surface area contributed by atoms with Gasteiger partial charge in [0, 0.05) is 11.0 Å². The van der Waals surface area contributed by atoms with Crippen molar-refractivity contribution in [1.29, 1.82) is 0 Å². The summed E-state index contributed by atoms with van der Waals surface area (Å²) in [5.41, 5.74) is 5.76. The van der Waals surface area contributed by atoms with Gasteiger partial charge in [0.15, 0.2) is 9.84 Å². The number of halogens is 1. The molecule has 18 heavy (non-hydrogen) atoms. The van der Waals surface area contributed by atoms with Crippen LogP contribution < -0.4 is 10.6 Å². The summed E-state index contributed by atoms with van der Waals surface area (Å²) in [5, 5.41) is -0.623. The SMILES string of the molecule is CC1CN(C(=O)CN)c2cc(Br)ccc2S1(=O)=O. The first kappa shape index (κ1) is 13.5. The Hall–Kier alpha value is -0.920. The number of anilines is 1. The van der Waals surface area contributed by atoms with Crippen LogP contribution >= 0.6 is 15.9 Å². The fourth-order valence-corrected chi connectivity index (χ4v) is 3.80. The van der Waals surface area contributed by atoms with Crippen molar-refractivity contribution in [2.24, 2.45) is 5.73 Å². The molecule has 1 amide bonds. The lowest BCUT2D eigenvalue weighted by atomic mass is 10.2. The lowest BCUT2D eigenvalue weighted by Crippen LogP contribution is -2.46. The van der Waals surface area contributed by atoms with Gasteiger partial charge in [0.25, 0.3) is 0 Å². The van der Waals surface area contributed by atoms with E-state index in [0.29, 0.717) is 5.69 Å². The number of nitrogens with zero attached hydrogens (tertiary/aromatic N) is 1. The van der Waals surface area contributed by atoms with Gasteiger partial charge in [0.2, 0.25) is 5.91 Å². The molecular weight excluding hydrogens is 320 g/mol. The molecule has 0 aliphatic carbocycles. The number of nitrogens with two attached hydrogens (primary N) is 1. The number of hydrogen-bond acceptors (Lipinski definition) is 4. The van der Waals surface area contributed by atoms with Gasteiger partial charge in [-0.2, -0.15) is 0 Å². The Morgan fingerprint density at radius 3 is 2.83 bits per heavy atom. The molecule has 0 spiro atoms. The van der Waals surface area contributed by atoms with Crippen LogP contribution in [0.15, 0.2) is 27.6 Å². The second-order valence-corrected chi connectivity index (χ2v) is 7.43. The predicted octanol–water partition coefficient (Wildman–Crippen LogP) is 0.917. The summed E-state index contributed by atoms with van der Waals surface area (Å²) in [6.07, 6.45) is 0. The normalized spacial score (nSPS) is 21.5. The van der Waals surface area contributed by atoms with Gasteiger partial charge in [-0.3, -0.25) is 4.79 Å². The van der Waals surface area contributed by atoms with Crippen LogP contribution in [0.5, 0.6) is 0 Å². The van der Waals surface area contributed by atoms with Crippen molar-refractivity contribution in [1.82, 2.24) is 0 Å². The van der Waals surface area contributed by atoms with Gasteiger partial charge in [-0.25, -0.2) is 8.42 Å². The summed E-state index contributed by atoms with van der Waals surface area (Å²) in [7, 11) is -3.37. The first-order valence-electron chi connectivity index (χ1n) is 5.42. The van der Waals surface area contributed by atoms with Crippen LogP contribution in [-0.4, -0.2) is 32.7 Å². The molecule has 1 atom stereocenters. The van der Waals surface area contributed by atoms with E-state index in [2.05, 4.69) is 15.9 Å². The summed E-state index contributed by atoms with van der Waals surface area (Å²) in [5.74, 6) is -0.281. The Morgan fingerprint density at radius 2 is 2.22 bits per heavy atom. The number of sulfone groups is 1. The van der Waals surface area contributed by atoms with Gasteiger partial charge in [-0.1, -0.05) is 15.9 Å². The summed E-state index contributed by atoms with van der Waals surface area (Å²) in [6.45, 7) is 1.59. The molecule has 0 saturated carbocycles. The molecular formula is C11H13BrN2O3S. The topological polar surface area (TPSA) is 80.5 Å². The molecule has 2 rings (SSSR count). The average molecular weight is 333 g/mol. The molecule has 0 aromatic heterocycles. The zero-order valence-corrected chi connectivity index (χ0v) is 12.2. The van der Waals surface area contributed by atoms with Crippen molar-refractivity contribution >= 4 is 37.4 Å². The number of amides is 1. The lowest BCUT2D eigenvalue weighted by molar-refractivity contribution is -0.117. The van der Waals surface area contributed by atoms with Crippen LogP contribution in [0, 0.1) is 0 Å². The third kappa shape index (κ3) is 2.06. The fourth-order valence-electron chi connectivity index (χ4n) is 1.96. The fraction of sp³-hybridized carbons (Fsp3) is 0.364. The Labute approximate surface area is 114 Å². The van der Waals surface area contributed by atoms with Gasteiger partial charge in [-0.05, 0) is 25.1 Å². The van der Waals surface area contributed by atoms with E-state index in [1.807, 2.05) is 0 Å². The molecule has 98 valence electrons. The van der Waals surface area contributed by atoms with Crippen molar-refractivity contribution in [3.63, 3.8) is 0 Å². The van der Waals surface area contributed by atoms with E-state index in [1.54, 1.807) is 19.1 Å². The molecule has 0 radical (unpaired) electrons. The van der Waals surface area contributed by atoms with Crippen LogP contribution in [0.1, 0.15) is 6.92 Å². The average Bonchev–Trinajstić information content (AvgIpc) is 2.32. The highest BCUT2D eigenvalue weighted by Gasteiger charge is 2.36. The zero-order valence-electron chi connectivity index (χ0n) is 9.76. The number of hydrogen-bond donors (Lipinski definition) is 1. The molecule has 2 N–H and O–H groups in total. The van der Waals surface area contributed by atoms with Crippen molar-refractivity contribution in [3.8, 4) is 0 Å². The molecule has 1 aromatic rings. The highest BCUT2D eigenvalue weighted by Crippen LogP contribution is 2.35. The Kier molecular flexibility index (Phi) is 3.48. The first-order chi connectivity index (χ1) is 8.37. The van der Waals surface area contributed by atoms with E-state index in [1.165, 1.54) is 11.0 Å². The molecule has 0 fully saturated rings. The van der Waals surface area contributed by atoms with Crippen molar-refractivity contribution in [3.05, 3.63) is 22.7 Å². The molecule has 0 bridgehead atoms. The molecule has 0 saturated heterocycles. The van der Waals surface area contributed by atoms with Gasteiger partial charge in [-0.15, -0.1) is 0 Å². The van der Waals surface area contributed by atoms with Gasteiger partial charge in [0.05, 0.1) is 22.4 Å². The summed E-state index contributed by atoms with van der Waals surface area (Å²) in [6, 6.07) is 4.80. The monoisotopic (exact) mass is 332 g/mol. The number of benzene rings is 1. The molecule has 7 heteroatoms. The second kappa shape index (κ2) is 4.64. The van der Waals surface area contributed by atoms with E-state index < -0.39 is 15.1 Å². The summed E-state index contributed by atoms with van der Waals surface area (Å²) < 4.78 is 25.1. The van der Waals surface area contributed by atoms with Gasteiger partial charge >= 0.3 is 0 Å². The Balaban J connectivity index is 2.66. The highest BCUT2D eigenvalue weighted by molar-refractivity contribution is 9.10. The van der Waals surface area contributed by atoms with E-state index in [9.17, 15) is 13.2 Å². The molecule has 5 nitrogen and oxygen atoms in total. The minimum atomic E-state index is -3.37. The van der Waals surface area contributed by atoms with E-state index >= 15 is 0 Å². The second-order valence-electron chi connectivity index (χ2n) is 4.18. The molecule has 1 unspecified atom stereocenters. The minimum Gasteiger partial charge on any atom is -0.322 e. The minimum absolute atomic E-state index is 0.140. The number of rotatable bonds is 1. The predicted molar refractivity (Wildman–Crippen MR) is 72.2 cm³/mol. The third-order valence-electron chi connectivity index (χ3n) is 2.96. The van der Waals surface area contributed by atoms with E-state index in [4.69, 9.17) is 5.73 Å². The molecule has 1 heterocycles. The van der Waals surface area contributed by atoms with Crippen molar-refractivity contribution < 1.29 is 13.2 Å². The summed E-state index contributed by atoms with van der Waals surface area (Å²) in [4.78, 5) is 13.4. The maximum absolute atomic E-state index is 12.2. The molecule has 1 aliphatic rings. The van der Waals surface area contributed by atoms with Crippen LogP contribution in [0.3, 0.4) is 0 Å². The number of carbonyl (C=O) groups is 1. The maximum atomic E-state index is 12.2. The van der Waals surface area contributed by atoms with Crippen molar-refractivity contribution in [2.75, 3.05) is 18.0 Å². The maximum Gasteiger partial charge on any atom is 0.240 e. The van der Waals surface area contributed by atoms with Crippen molar-refractivity contribution in [2.45, 2.75) is 17.1 Å². The van der Waals surface area contributed by atoms with Gasteiger partial charge in [0.1, 0.15) is 0 Å². The van der Waals surface area contributed by atoms with Crippen LogP contribution in [0.2, 0.25) is 0 Å². The highest BCUT2D eigenvalue weighted by atomic mass is 79.9. The first-order valence-corrected chi connectivity index (χ1v) is 7.75. The van der Waals surface area contributed by atoms with E-state index in [-0.39, 0.29) is 23.9 Å².